The van der Waals surface area contributed by atoms with Crippen molar-refractivity contribution in [2.75, 3.05) is 11.9 Å². The van der Waals surface area contributed by atoms with Crippen molar-refractivity contribution < 1.29 is 0 Å². The van der Waals surface area contributed by atoms with Gasteiger partial charge in [0.05, 0.1) is 12.4 Å². The molecule has 0 aliphatic rings. The third-order valence-electron chi connectivity index (χ3n) is 2.81. The number of anilines is 1. The van der Waals surface area contributed by atoms with Gasteiger partial charge in [-0.15, -0.1) is 0 Å². The minimum absolute atomic E-state index is 0.0691. The van der Waals surface area contributed by atoms with Gasteiger partial charge in [0.2, 0.25) is 0 Å². The van der Waals surface area contributed by atoms with Gasteiger partial charge in [0.25, 0.3) is 0 Å². The first kappa shape index (κ1) is 13.0. The Balaban J connectivity index is 2.11. The zero-order valence-electron chi connectivity index (χ0n) is 11.1. The topological polar surface area (TPSA) is 78.9 Å². The first-order chi connectivity index (χ1) is 9.06. The number of aromatic nitrogens is 2. The molecule has 19 heavy (non-hydrogen) atoms. The van der Waals surface area contributed by atoms with Gasteiger partial charge < -0.3 is 10.6 Å². The molecule has 0 saturated heterocycles. The van der Waals surface area contributed by atoms with Gasteiger partial charge in [0.15, 0.2) is 0 Å². The van der Waals surface area contributed by atoms with Gasteiger partial charge in [0.1, 0.15) is 17.3 Å². The Morgan fingerprint density at radius 3 is 2.68 bits per heavy atom. The Kier molecular flexibility index (Phi) is 3.75. The molecule has 1 aromatic heterocycles. The summed E-state index contributed by atoms with van der Waals surface area (Å²) < 4.78 is 0. The van der Waals surface area contributed by atoms with E-state index in [4.69, 9.17) is 11.1 Å². The normalized spacial score (nSPS) is 10.2. The smallest absolute Gasteiger partial charge is 0.147 e. The molecular weight excluding hydrogens is 238 g/mol. The lowest BCUT2D eigenvalue weighted by molar-refractivity contribution is 0.887. The van der Waals surface area contributed by atoms with E-state index < -0.39 is 0 Å². The fourth-order valence-electron chi connectivity index (χ4n) is 1.82. The summed E-state index contributed by atoms with van der Waals surface area (Å²) in [7, 11) is 1.96. The molecule has 0 fully saturated rings. The summed E-state index contributed by atoms with van der Waals surface area (Å²) in [6.45, 7) is 2.83. The van der Waals surface area contributed by atoms with Gasteiger partial charge >= 0.3 is 0 Å². The molecule has 5 heteroatoms. The molecule has 0 amide bonds. The van der Waals surface area contributed by atoms with Crippen molar-refractivity contribution in [2.24, 2.45) is 5.73 Å². The van der Waals surface area contributed by atoms with Crippen molar-refractivity contribution >= 4 is 11.7 Å². The van der Waals surface area contributed by atoms with Crippen LogP contribution in [-0.2, 0) is 6.54 Å². The summed E-state index contributed by atoms with van der Waals surface area (Å²) in [6, 6.07) is 8.35. The molecule has 0 aliphatic carbocycles. The summed E-state index contributed by atoms with van der Waals surface area (Å²) in [5.41, 5.74) is 8.21. The van der Waals surface area contributed by atoms with Crippen molar-refractivity contribution in [2.45, 2.75) is 13.5 Å². The van der Waals surface area contributed by atoms with Gasteiger partial charge in [-0.25, -0.2) is 9.97 Å². The van der Waals surface area contributed by atoms with E-state index >= 15 is 0 Å². The zero-order valence-corrected chi connectivity index (χ0v) is 11.1. The molecule has 1 aromatic carbocycles. The van der Waals surface area contributed by atoms with Gasteiger partial charge in [-0.05, 0) is 12.5 Å². The van der Waals surface area contributed by atoms with Crippen LogP contribution in [0.15, 0.2) is 36.7 Å². The first-order valence-corrected chi connectivity index (χ1v) is 5.99. The standard InChI is InChI=1S/C14H17N5/c1-10-4-3-5-11(6-10)9-19(2)13-8-17-12(7-18-13)14(15)16/h3-8H,9H2,1-2H3,(H3,15,16). The van der Waals surface area contributed by atoms with E-state index in [-0.39, 0.29) is 5.84 Å². The van der Waals surface area contributed by atoms with Crippen molar-refractivity contribution in [3.8, 4) is 0 Å². The van der Waals surface area contributed by atoms with Gasteiger partial charge in [-0.2, -0.15) is 0 Å². The summed E-state index contributed by atoms with van der Waals surface area (Å²) in [5.74, 6) is 0.687. The maximum Gasteiger partial charge on any atom is 0.147 e. The SMILES string of the molecule is Cc1cccc(CN(C)c2cnc(C(=N)N)cn2)c1. The molecule has 2 rings (SSSR count). The van der Waals surface area contributed by atoms with Crippen LogP contribution in [-0.4, -0.2) is 22.9 Å². The molecular formula is C14H17N5. The molecule has 5 nitrogen and oxygen atoms in total. The highest BCUT2D eigenvalue weighted by atomic mass is 15.2. The molecule has 0 radical (unpaired) electrons. The van der Waals surface area contributed by atoms with E-state index in [9.17, 15) is 0 Å². The number of nitrogens with zero attached hydrogens (tertiary/aromatic N) is 3. The highest BCUT2D eigenvalue weighted by Crippen LogP contribution is 2.12. The van der Waals surface area contributed by atoms with Crippen LogP contribution in [0.4, 0.5) is 5.82 Å². The number of amidine groups is 1. The summed E-state index contributed by atoms with van der Waals surface area (Å²) in [6.07, 6.45) is 3.15. The van der Waals surface area contributed by atoms with E-state index in [0.29, 0.717) is 5.69 Å². The predicted molar refractivity (Wildman–Crippen MR) is 76.3 cm³/mol. The zero-order chi connectivity index (χ0) is 13.8. The number of nitrogens with two attached hydrogens (primary N) is 1. The lowest BCUT2D eigenvalue weighted by Gasteiger charge is -2.18. The highest BCUT2D eigenvalue weighted by Gasteiger charge is 2.05. The number of hydrogen-bond acceptors (Lipinski definition) is 4. The Morgan fingerprint density at radius 2 is 2.11 bits per heavy atom. The van der Waals surface area contributed by atoms with E-state index in [1.165, 1.54) is 17.3 Å². The van der Waals surface area contributed by atoms with Gasteiger partial charge in [-0.3, -0.25) is 5.41 Å². The van der Waals surface area contributed by atoms with Crippen LogP contribution in [0, 0.1) is 12.3 Å². The monoisotopic (exact) mass is 255 g/mol. The maximum absolute atomic E-state index is 7.28. The number of benzene rings is 1. The van der Waals surface area contributed by atoms with Crippen LogP contribution in [0.2, 0.25) is 0 Å². The van der Waals surface area contributed by atoms with Crippen LogP contribution < -0.4 is 10.6 Å². The average molecular weight is 255 g/mol. The number of nitrogens with one attached hydrogen (secondary N) is 1. The van der Waals surface area contributed by atoms with Crippen LogP contribution in [0.3, 0.4) is 0 Å². The molecule has 0 bridgehead atoms. The molecule has 0 saturated carbocycles. The number of aryl methyl sites for hydroxylation is 1. The van der Waals surface area contributed by atoms with Gasteiger partial charge in [0, 0.05) is 13.6 Å². The van der Waals surface area contributed by atoms with Crippen LogP contribution in [0.1, 0.15) is 16.8 Å². The number of rotatable bonds is 4. The van der Waals surface area contributed by atoms with Crippen molar-refractivity contribution in [3.05, 3.63) is 53.5 Å². The highest BCUT2D eigenvalue weighted by molar-refractivity contribution is 5.92. The first-order valence-electron chi connectivity index (χ1n) is 5.99. The van der Waals surface area contributed by atoms with E-state index in [2.05, 4.69) is 35.1 Å². The second-order valence-corrected chi connectivity index (χ2v) is 4.52. The Bertz CT molecular complexity index is 577. The van der Waals surface area contributed by atoms with Crippen molar-refractivity contribution in [1.82, 2.24) is 9.97 Å². The Morgan fingerprint density at radius 1 is 1.32 bits per heavy atom. The minimum atomic E-state index is -0.0691. The summed E-state index contributed by atoms with van der Waals surface area (Å²) in [4.78, 5) is 10.4. The molecule has 2 aromatic rings. The molecule has 1 heterocycles. The molecule has 98 valence electrons. The van der Waals surface area contributed by atoms with Crippen LogP contribution in [0.5, 0.6) is 0 Å². The quantitative estimate of drug-likeness (QED) is 0.644. The fraction of sp³-hybridized carbons (Fsp3) is 0.214. The van der Waals surface area contributed by atoms with Gasteiger partial charge in [-0.1, -0.05) is 29.8 Å². The van der Waals surface area contributed by atoms with Crippen molar-refractivity contribution in [3.63, 3.8) is 0 Å². The van der Waals surface area contributed by atoms with E-state index in [0.717, 1.165) is 12.4 Å². The lowest BCUT2D eigenvalue weighted by atomic mass is 10.1. The molecule has 0 aliphatic heterocycles. The lowest BCUT2D eigenvalue weighted by Crippen LogP contribution is -2.19. The van der Waals surface area contributed by atoms with E-state index in [1.807, 2.05) is 18.0 Å². The largest absolute Gasteiger partial charge is 0.382 e. The number of hydrogen-bond donors (Lipinski definition) is 2. The van der Waals surface area contributed by atoms with E-state index in [1.54, 1.807) is 6.20 Å². The Hall–Kier alpha value is -2.43. The van der Waals surface area contributed by atoms with Crippen LogP contribution in [0.25, 0.3) is 0 Å². The third kappa shape index (κ3) is 3.28. The molecule has 0 atom stereocenters. The fourth-order valence-corrected chi connectivity index (χ4v) is 1.82. The minimum Gasteiger partial charge on any atom is -0.382 e. The number of nitrogen functional groups attached to an aromatic ring is 1. The second-order valence-electron chi connectivity index (χ2n) is 4.52. The summed E-state index contributed by atoms with van der Waals surface area (Å²) in [5, 5.41) is 7.28. The predicted octanol–water partition coefficient (Wildman–Crippen LogP) is 1.71. The summed E-state index contributed by atoms with van der Waals surface area (Å²) >= 11 is 0. The third-order valence-corrected chi connectivity index (χ3v) is 2.81. The Labute approximate surface area is 112 Å². The second kappa shape index (κ2) is 5.48. The van der Waals surface area contributed by atoms with Crippen LogP contribution >= 0.6 is 0 Å². The molecule has 0 unspecified atom stereocenters. The average Bonchev–Trinajstić information content (AvgIpc) is 2.39. The van der Waals surface area contributed by atoms with Crippen molar-refractivity contribution in [1.29, 1.82) is 5.41 Å². The maximum atomic E-state index is 7.28. The molecule has 3 N–H and O–H groups in total. The molecule has 0 spiro atoms.